The fraction of sp³-hybridized carbons (Fsp3) is 0.200. The molecule has 0 atom stereocenters. The highest BCUT2D eigenvalue weighted by atomic mass is 19.3. The number of carbonyl (C=O) groups is 1. The highest BCUT2D eigenvalue weighted by molar-refractivity contribution is 5.71. The SMILES string of the molecule is O=C(CC=C(F)F)OCCn1ccc(-c2ccc(F)cc2)n1. The first-order valence-electron chi connectivity index (χ1n) is 6.51. The molecule has 1 aromatic heterocycles. The second kappa shape index (κ2) is 7.44. The predicted octanol–water partition coefficient (Wildman–Crippen LogP) is 3.40. The lowest BCUT2D eigenvalue weighted by molar-refractivity contribution is -0.142. The Morgan fingerprint density at radius 2 is 1.95 bits per heavy atom. The molecule has 0 aliphatic carbocycles. The summed E-state index contributed by atoms with van der Waals surface area (Å²) < 4.78 is 42.8. The van der Waals surface area contributed by atoms with Crippen LogP contribution in [0.25, 0.3) is 11.3 Å². The van der Waals surface area contributed by atoms with Gasteiger partial charge in [-0.2, -0.15) is 13.9 Å². The standard InChI is InChI=1S/C15H13F3N2O2/c16-12-3-1-11(2-4-12)13-7-8-20(19-13)9-10-22-15(21)6-5-14(17)18/h1-5,7-8H,6,9-10H2. The number of hydrogen-bond acceptors (Lipinski definition) is 3. The van der Waals surface area contributed by atoms with Gasteiger partial charge in [-0.3, -0.25) is 9.48 Å². The topological polar surface area (TPSA) is 44.1 Å². The van der Waals surface area contributed by atoms with Crippen molar-refractivity contribution in [3.8, 4) is 11.3 Å². The Bertz CT molecular complexity index is 662. The van der Waals surface area contributed by atoms with Crippen LogP contribution in [0.1, 0.15) is 6.42 Å². The zero-order valence-electron chi connectivity index (χ0n) is 11.5. The third kappa shape index (κ3) is 4.76. The summed E-state index contributed by atoms with van der Waals surface area (Å²) in [7, 11) is 0. The van der Waals surface area contributed by atoms with Crippen molar-refractivity contribution in [1.82, 2.24) is 9.78 Å². The molecule has 0 amide bonds. The molecular weight excluding hydrogens is 297 g/mol. The molecule has 0 fully saturated rings. The number of aromatic nitrogens is 2. The van der Waals surface area contributed by atoms with Crippen molar-refractivity contribution in [3.63, 3.8) is 0 Å². The number of halogens is 3. The lowest BCUT2D eigenvalue weighted by atomic mass is 10.1. The van der Waals surface area contributed by atoms with Crippen molar-refractivity contribution in [1.29, 1.82) is 0 Å². The van der Waals surface area contributed by atoms with Crippen LogP contribution >= 0.6 is 0 Å². The van der Waals surface area contributed by atoms with Gasteiger partial charge in [0.2, 0.25) is 0 Å². The predicted molar refractivity (Wildman–Crippen MR) is 73.5 cm³/mol. The molecule has 0 saturated carbocycles. The quantitative estimate of drug-likeness (QED) is 0.768. The molecule has 116 valence electrons. The average Bonchev–Trinajstić information content (AvgIpc) is 2.95. The van der Waals surface area contributed by atoms with Gasteiger partial charge in [-0.1, -0.05) is 0 Å². The van der Waals surface area contributed by atoms with Gasteiger partial charge in [0.25, 0.3) is 6.08 Å². The minimum atomic E-state index is -1.91. The van der Waals surface area contributed by atoms with E-state index in [-0.39, 0.29) is 12.4 Å². The molecule has 0 N–H and O–H groups in total. The van der Waals surface area contributed by atoms with Crippen molar-refractivity contribution in [2.75, 3.05) is 6.61 Å². The van der Waals surface area contributed by atoms with Gasteiger partial charge in [0.1, 0.15) is 12.4 Å². The third-order valence-electron chi connectivity index (χ3n) is 2.79. The van der Waals surface area contributed by atoms with Crippen molar-refractivity contribution in [3.05, 3.63) is 54.5 Å². The van der Waals surface area contributed by atoms with E-state index in [0.717, 1.165) is 5.56 Å². The zero-order chi connectivity index (χ0) is 15.9. The van der Waals surface area contributed by atoms with Crippen LogP contribution in [0, 0.1) is 5.82 Å². The van der Waals surface area contributed by atoms with Crippen LogP contribution < -0.4 is 0 Å². The summed E-state index contributed by atoms with van der Waals surface area (Å²) in [5, 5.41) is 4.25. The van der Waals surface area contributed by atoms with Gasteiger partial charge in [-0.15, -0.1) is 0 Å². The fourth-order valence-electron chi connectivity index (χ4n) is 1.73. The van der Waals surface area contributed by atoms with Crippen LogP contribution in [-0.4, -0.2) is 22.4 Å². The van der Waals surface area contributed by atoms with E-state index < -0.39 is 18.5 Å². The van der Waals surface area contributed by atoms with E-state index in [0.29, 0.717) is 18.3 Å². The molecule has 2 rings (SSSR count). The first-order valence-corrected chi connectivity index (χ1v) is 6.51. The highest BCUT2D eigenvalue weighted by Crippen LogP contribution is 2.16. The summed E-state index contributed by atoms with van der Waals surface area (Å²) in [5.74, 6) is -1.05. The van der Waals surface area contributed by atoms with E-state index in [1.54, 1.807) is 29.1 Å². The maximum atomic E-state index is 12.8. The number of hydrogen-bond donors (Lipinski definition) is 0. The Labute approximate surface area is 124 Å². The maximum Gasteiger partial charge on any atom is 0.309 e. The lowest BCUT2D eigenvalue weighted by Gasteiger charge is -2.03. The van der Waals surface area contributed by atoms with Gasteiger partial charge in [0, 0.05) is 11.8 Å². The van der Waals surface area contributed by atoms with E-state index in [4.69, 9.17) is 4.74 Å². The van der Waals surface area contributed by atoms with Crippen molar-refractivity contribution >= 4 is 5.97 Å². The molecule has 0 aliphatic heterocycles. The summed E-state index contributed by atoms with van der Waals surface area (Å²) in [6, 6.07) is 7.65. The molecule has 0 saturated heterocycles. The summed E-state index contributed by atoms with van der Waals surface area (Å²) in [4.78, 5) is 11.1. The normalized spacial score (nSPS) is 10.3. The average molecular weight is 310 g/mol. The monoisotopic (exact) mass is 310 g/mol. The third-order valence-corrected chi connectivity index (χ3v) is 2.79. The second-order valence-electron chi connectivity index (χ2n) is 4.39. The fourth-order valence-corrected chi connectivity index (χ4v) is 1.73. The molecule has 4 nitrogen and oxygen atoms in total. The van der Waals surface area contributed by atoms with Crippen LogP contribution in [-0.2, 0) is 16.1 Å². The summed E-state index contributed by atoms with van der Waals surface area (Å²) >= 11 is 0. The van der Waals surface area contributed by atoms with Gasteiger partial charge in [-0.25, -0.2) is 4.39 Å². The molecule has 22 heavy (non-hydrogen) atoms. The molecule has 1 aromatic carbocycles. The second-order valence-corrected chi connectivity index (χ2v) is 4.39. The van der Waals surface area contributed by atoms with Gasteiger partial charge >= 0.3 is 5.97 Å². The van der Waals surface area contributed by atoms with Crippen molar-refractivity contribution in [2.45, 2.75) is 13.0 Å². The molecular formula is C15H13F3N2O2. The summed E-state index contributed by atoms with van der Waals surface area (Å²) in [6.45, 7) is 0.333. The molecule has 0 unspecified atom stereocenters. The van der Waals surface area contributed by atoms with Gasteiger partial charge < -0.3 is 4.74 Å². The molecule has 2 aromatic rings. The van der Waals surface area contributed by atoms with Gasteiger partial charge in [0.15, 0.2) is 0 Å². The molecule has 0 radical (unpaired) electrons. The number of benzene rings is 1. The van der Waals surface area contributed by atoms with Crippen molar-refractivity contribution < 1.29 is 22.7 Å². The van der Waals surface area contributed by atoms with Crippen molar-refractivity contribution in [2.24, 2.45) is 0 Å². The largest absolute Gasteiger partial charge is 0.463 e. The van der Waals surface area contributed by atoms with E-state index in [9.17, 15) is 18.0 Å². The molecule has 1 heterocycles. The van der Waals surface area contributed by atoms with Crippen LogP contribution in [0.2, 0.25) is 0 Å². The number of rotatable bonds is 6. The molecule has 0 spiro atoms. The first-order chi connectivity index (χ1) is 10.5. The number of ether oxygens (including phenoxy) is 1. The van der Waals surface area contributed by atoms with Crippen LogP contribution in [0.5, 0.6) is 0 Å². The van der Waals surface area contributed by atoms with E-state index in [1.807, 2.05) is 0 Å². The Balaban J connectivity index is 1.84. The zero-order valence-corrected chi connectivity index (χ0v) is 11.5. The summed E-state index contributed by atoms with van der Waals surface area (Å²) in [5.41, 5.74) is 1.43. The van der Waals surface area contributed by atoms with Crippen LogP contribution in [0.15, 0.2) is 48.7 Å². The van der Waals surface area contributed by atoms with Gasteiger partial charge in [0.05, 0.1) is 18.7 Å². The number of esters is 1. The smallest absolute Gasteiger partial charge is 0.309 e. The van der Waals surface area contributed by atoms with E-state index >= 15 is 0 Å². The summed E-state index contributed by atoms with van der Waals surface area (Å²) in [6.07, 6.45) is -0.174. The molecule has 0 bridgehead atoms. The Kier molecular flexibility index (Phi) is 5.35. The minimum absolute atomic E-state index is 0.0329. The van der Waals surface area contributed by atoms with Crippen LogP contribution in [0.4, 0.5) is 13.2 Å². The Morgan fingerprint density at radius 3 is 2.64 bits per heavy atom. The van der Waals surface area contributed by atoms with E-state index in [2.05, 4.69) is 5.10 Å². The van der Waals surface area contributed by atoms with Crippen LogP contribution in [0.3, 0.4) is 0 Å². The minimum Gasteiger partial charge on any atom is -0.463 e. The maximum absolute atomic E-state index is 12.8. The Morgan fingerprint density at radius 1 is 1.23 bits per heavy atom. The highest BCUT2D eigenvalue weighted by Gasteiger charge is 2.05. The molecule has 7 heteroatoms. The Hall–Kier alpha value is -2.57. The molecule has 0 aliphatic rings. The van der Waals surface area contributed by atoms with Gasteiger partial charge in [-0.05, 0) is 36.4 Å². The number of carbonyl (C=O) groups excluding carboxylic acids is 1. The first kappa shape index (κ1) is 15.8. The van der Waals surface area contributed by atoms with E-state index in [1.165, 1.54) is 12.1 Å². The lowest BCUT2D eigenvalue weighted by Crippen LogP contribution is -2.11. The number of nitrogens with zero attached hydrogens (tertiary/aromatic N) is 2.